The largest absolute Gasteiger partial charge is 0.484 e. The molecule has 3 aromatic rings. The van der Waals surface area contributed by atoms with Gasteiger partial charge in [0.25, 0.3) is 11.5 Å². The van der Waals surface area contributed by atoms with Crippen LogP contribution in [0.15, 0.2) is 59.4 Å². The minimum absolute atomic E-state index is 0.0744. The van der Waals surface area contributed by atoms with E-state index in [9.17, 15) is 9.59 Å². The molecule has 1 heterocycles. The van der Waals surface area contributed by atoms with Gasteiger partial charge in [0.15, 0.2) is 6.61 Å². The molecule has 31 heavy (non-hydrogen) atoms. The lowest BCUT2D eigenvalue weighted by molar-refractivity contribution is -0.135. The zero-order valence-electron chi connectivity index (χ0n) is 17.9. The highest BCUT2D eigenvalue weighted by molar-refractivity contribution is 5.79. The first-order valence-corrected chi connectivity index (χ1v) is 10.8. The van der Waals surface area contributed by atoms with Gasteiger partial charge in [0.1, 0.15) is 11.6 Å². The van der Waals surface area contributed by atoms with Crippen LogP contribution in [-0.4, -0.2) is 40.5 Å². The molecule has 7 nitrogen and oxygen atoms in total. The lowest BCUT2D eigenvalue weighted by Crippen LogP contribution is -2.39. The van der Waals surface area contributed by atoms with Crippen molar-refractivity contribution < 1.29 is 9.53 Å². The first-order valence-electron chi connectivity index (χ1n) is 10.8. The number of para-hydroxylation sites is 2. The molecular formula is C24H30N4O3. The van der Waals surface area contributed by atoms with Gasteiger partial charge in [0.2, 0.25) is 0 Å². The molecular weight excluding hydrogens is 392 g/mol. The Labute approximate surface area is 182 Å². The molecule has 1 atom stereocenters. The number of rotatable bonds is 11. The summed E-state index contributed by atoms with van der Waals surface area (Å²) in [6.07, 6.45) is 3.83. The summed E-state index contributed by atoms with van der Waals surface area (Å²) in [6.45, 7) is 3.04. The van der Waals surface area contributed by atoms with E-state index in [4.69, 9.17) is 10.5 Å². The number of ether oxygens (including phenoxy) is 1. The average Bonchev–Trinajstić information content (AvgIpc) is 2.80. The van der Waals surface area contributed by atoms with Crippen LogP contribution >= 0.6 is 0 Å². The molecule has 0 aliphatic heterocycles. The van der Waals surface area contributed by atoms with Gasteiger partial charge in [-0.3, -0.25) is 9.59 Å². The predicted molar refractivity (Wildman–Crippen MR) is 122 cm³/mol. The Morgan fingerprint density at radius 1 is 1.06 bits per heavy atom. The van der Waals surface area contributed by atoms with Gasteiger partial charge in [-0.1, -0.05) is 43.2 Å². The van der Waals surface area contributed by atoms with Gasteiger partial charge in [-0.15, -0.1) is 0 Å². The number of hydrogen-bond acceptors (Lipinski definition) is 5. The fraction of sp³-hybridized carbons (Fsp3) is 0.375. The first kappa shape index (κ1) is 22.5. The second kappa shape index (κ2) is 11.3. The molecule has 2 aromatic carbocycles. The highest BCUT2D eigenvalue weighted by atomic mass is 16.5. The van der Waals surface area contributed by atoms with Crippen LogP contribution in [0.2, 0.25) is 0 Å². The van der Waals surface area contributed by atoms with Gasteiger partial charge in [0, 0.05) is 6.54 Å². The van der Waals surface area contributed by atoms with Crippen molar-refractivity contribution in [2.45, 2.75) is 38.6 Å². The number of carbonyl (C=O) groups excluding carboxylic acids is 1. The summed E-state index contributed by atoms with van der Waals surface area (Å²) in [5.74, 6) is 0.966. The quantitative estimate of drug-likeness (QED) is 0.461. The van der Waals surface area contributed by atoms with Crippen LogP contribution in [0.4, 0.5) is 0 Å². The van der Waals surface area contributed by atoms with Crippen LogP contribution in [0.25, 0.3) is 10.9 Å². The molecule has 0 spiro atoms. The summed E-state index contributed by atoms with van der Waals surface area (Å²) >= 11 is 0. The fourth-order valence-electron chi connectivity index (χ4n) is 3.51. The third-order valence-corrected chi connectivity index (χ3v) is 5.27. The van der Waals surface area contributed by atoms with Crippen molar-refractivity contribution in [1.29, 1.82) is 0 Å². The number of nitrogens with one attached hydrogen (secondary N) is 1. The lowest BCUT2D eigenvalue weighted by Gasteiger charge is -2.29. The van der Waals surface area contributed by atoms with Crippen LogP contribution < -0.4 is 16.0 Å². The van der Waals surface area contributed by atoms with Crippen LogP contribution in [0, 0.1) is 0 Å². The Bertz CT molecular complexity index is 1040. The number of aromatic nitrogens is 2. The molecule has 3 N–H and O–H groups in total. The minimum atomic E-state index is -0.390. The second-order valence-corrected chi connectivity index (χ2v) is 7.54. The molecule has 0 aliphatic rings. The van der Waals surface area contributed by atoms with Crippen molar-refractivity contribution in [2.75, 3.05) is 19.7 Å². The van der Waals surface area contributed by atoms with Crippen molar-refractivity contribution in [3.05, 3.63) is 70.8 Å². The van der Waals surface area contributed by atoms with Crippen molar-refractivity contribution in [2.24, 2.45) is 5.73 Å². The van der Waals surface area contributed by atoms with E-state index in [1.807, 2.05) is 43.3 Å². The van der Waals surface area contributed by atoms with Crippen molar-refractivity contribution in [3.8, 4) is 5.75 Å². The minimum Gasteiger partial charge on any atom is -0.484 e. The molecule has 0 saturated carbocycles. The summed E-state index contributed by atoms with van der Waals surface area (Å²) in [7, 11) is 0. The number of benzene rings is 2. The third kappa shape index (κ3) is 6.15. The van der Waals surface area contributed by atoms with Crippen LogP contribution in [-0.2, 0) is 4.79 Å². The number of carbonyl (C=O) groups is 1. The molecule has 0 bridgehead atoms. The number of fused-ring (bicyclic) bond motifs is 1. The summed E-state index contributed by atoms with van der Waals surface area (Å²) in [5.41, 5.74) is 5.98. The number of amides is 1. The van der Waals surface area contributed by atoms with Crippen molar-refractivity contribution >= 4 is 16.8 Å². The number of hydrogen-bond donors (Lipinski definition) is 2. The summed E-state index contributed by atoms with van der Waals surface area (Å²) in [4.78, 5) is 34.8. The molecule has 3 rings (SSSR count). The number of H-pyrrole nitrogens is 1. The standard InChI is InChI=1S/C24H30N4O3/c1-18(23-26-21-14-8-7-13-20(21)24(30)27-23)28(16-10-3-2-9-15-25)22(29)17-31-19-11-5-4-6-12-19/h4-8,11-14,18H,2-3,9-10,15-17,25H2,1H3,(H,26,27,30)/t18-/m0/s1. The Morgan fingerprint density at radius 2 is 1.77 bits per heavy atom. The van der Waals surface area contributed by atoms with E-state index in [2.05, 4.69) is 9.97 Å². The van der Waals surface area contributed by atoms with E-state index < -0.39 is 6.04 Å². The zero-order valence-corrected chi connectivity index (χ0v) is 17.9. The van der Waals surface area contributed by atoms with E-state index in [-0.39, 0.29) is 18.1 Å². The van der Waals surface area contributed by atoms with Crippen LogP contribution in [0.1, 0.15) is 44.5 Å². The number of unbranched alkanes of at least 4 members (excludes halogenated alkanes) is 3. The van der Waals surface area contributed by atoms with Gasteiger partial charge < -0.3 is 20.4 Å². The SMILES string of the molecule is C[C@@H](c1nc2ccccc2c(=O)[nH]1)N(CCCCCCN)C(=O)COc1ccccc1. The van der Waals surface area contributed by atoms with E-state index >= 15 is 0 Å². The number of nitrogens with zero attached hydrogens (tertiary/aromatic N) is 2. The van der Waals surface area contributed by atoms with Gasteiger partial charge in [-0.05, 0) is 50.6 Å². The molecule has 0 fully saturated rings. The second-order valence-electron chi connectivity index (χ2n) is 7.54. The Morgan fingerprint density at radius 3 is 2.55 bits per heavy atom. The smallest absolute Gasteiger partial charge is 0.261 e. The monoisotopic (exact) mass is 422 g/mol. The van der Waals surface area contributed by atoms with E-state index in [0.29, 0.717) is 35.6 Å². The van der Waals surface area contributed by atoms with Gasteiger partial charge in [-0.25, -0.2) is 4.98 Å². The molecule has 0 unspecified atom stereocenters. The molecule has 7 heteroatoms. The topological polar surface area (TPSA) is 101 Å². The Kier molecular flexibility index (Phi) is 8.18. The first-order chi connectivity index (χ1) is 15.1. The van der Waals surface area contributed by atoms with Gasteiger partial charge in [-0.2, -0.15) is 0 Å². The normalized spacial score (nSPS) is 11.9. The number of nitrogens with two attached hydrogens (primary N) is 1. The maximum absolute atomic E-state index is 13.1. The zero-order chi connectivity index (χ0) is 22.1. The molecule has 1 amide bonds. The highest BCUT2D eigenvalue weighted by Gasteiger charge is 2.24. The van der Waals surface area contributed by atoms with Crippen LogP contribution in [0.5, 0.6) is 5.75 Å². The van der Waals surface area contributed by atoms with Crippen molar-refractivity contribution in [3.63, 3.8) is 0 Å². The fourth-order valence-corrected chi connectivity index (χ4v) is 3.51. The van der Waals surface area contributed by atoms with Gasteiger partial charge >= 0.3 is 0 Å². The summed E-state index contributed by atoms with van der Waals surface area (Å²) < 4.78 is 5.67. The Hall–Kier alpha value is -3.19. The third-order valence-electron chi connectivity index (χ3n) is 5.27. The molecule has 0 aliphatic carbocycles. The average molecular weight is 423 g/mol. The molecule has 164 valence electrons. The predicted octanol–water partition coefficient (Wildman–Crippen LogP) is 3.41. The highest BCUT2D eigenvalue weighted by Crippen LogP contribution is 2.20. The van der Waals surface area contributed by atoms with E-state index in [1.165, 1.54) is 0 Å². The molecule has 1 aromatic heterocycles. The summed E-state index contributed by atoms with van der Waals surface area (Å²) in [6, 6.07) is 16.1. The summed E-state index contributed by atoms with van der Waals surface area (Å²) in [5, 5.41) is 0.533. The van der Waals surface area contributed by atoms with Gasteiger partial charge in [0.05, 0.1) is 16.9 Å². The molecule has 0 saturated heterocycles. The van der Waals surface area contributed by atoms with Crippen molar-refractivity contribution in [1.82, 2.24) is 14.9 Å². The Balaban J connectivity index is 1.77. The van der Waals surface area contributed by atoms with Crippen LogP contribution in [0.3, 0.4) is 0 Å². The maximum Gasteiger partial charge on any atom is 0.261 e. The number of aromatic amines is 1. The maximum atomic E-state index is 13.1. The van der Waals surface area contributed by atoms with E-state index in [0.717, 1.165) is 25.7 Å². The van der Waals surface area contributed by atoms with E-state index in [1.54, 1.807) is 23.1 Å². The lowest BCUT2D eigenvalue weighted by atomic mass is 10.1. The molecule has 0 radical (unpaired) electrons.